The van der Waals surface area contributed by atoms with Crippen molar-refractivity contribution >= 4 is 11.8 Å². The van der Waals surface area contributed by atoms with Gasteiger partial charge in [-0.25, -0.2) is 0 Å². The van der Waals surface area contributed by atoms with E-state index in [1.165, 1.54) is 4.90 Å². The average molecular weight is 309 g/mol. The molecule has 0 saturated carbocycles. The smallest absolute Gasteiger partial charge is 0.237 e. The lowest BCUT2D eigenvalue weighted by Crippen LogP contribution is -2.49. The van der Waals surface area contributed by atoms with Gasteiger partial charge in [-0.1, -0.05) is 0 Å². The molecule has 1 aromatic heterocycles. The molecular formula is C15H23N3O4. The Labute approximate surface area is 130 Å². The quantitative estimate of drug-likeness (QED) is 0.757. The maximum atomic E-state index is 12.3. The number of morpholine rings is 1. The topological polar surface area (TPSA) is 89.0 Å². The third-order valence-corrected chi connectivity index (χ3v) is 3.67. The number of carbonyl (C=O) groups excluding carboxylic acids is 2. The summed E-state index contributed by atoms with van der Waals surface area (Å²) in [5.41, 5.74) is 6.21. The van der Waals surface area contributed by atoms with Gasteiger partial charge in [-0.3, -0.25) is 9.59 Å². The van der Waals surface area contributed by atoms with Crippen LogP contribution in [0.5, 0.6) is 0 Å². The van der Waals surface area contributed by atoms with Crippen molar-refractivity contribution in [2.24, 2.45) is 5.73 Å². The number of furan rings is 1. The van der Waals surface area contributed by atoms with E-state index >= 15 is 0 Å². The summed E-state index contributed by atoms with van der Waals surface area (Å²) >= 11 is 0. The van der Waals surface area contributed by atoms with Crippen molar-refractivity contribution in [2.45, 2.75) is 18.9 Å². The van der Waals surface area contributed by atoms with Crippen molar-refractivity contribution < 1.29 is 18.7 Å². The summed E-state index contributed by atoms with van der Waals surface area (Å²) in [6.45, 7) is 2.56. The van der Waals surface area contributed by atoms with Gasteiger partial charge in [0.15, 0.2) is 0 Å². The van der Waals surface area contributed by atoms with Gasteiger partial charge < -0.3 is 24.7 Å². The van der Waals surface area contributed by atoms with Crippen LogP contribution in [0.25, 0.3) is 0 Å². The van der Waals surface area contributed by atoms with E-state index in [-0.39, 0.29) is 18.6 Å². The van der Waals surface area contributed by atoms with Crippen molar-refractivity contribution in [1.82, 2.24) is 9.80 Å². The number of nitrogens with two attached hydrogens (primary N) is 1. The molecular weight excluding hydrogens is 286 g/mol. The van der Waals surface area contributed by atoms with Crippen LogP contribution in [0.2, 0.25) is 0 Å². The van der Waals surface area contributed by atoms with Gasteiger partial charge in [0.05, 0.1) is 31.8 Å². The average Bonchev–Trinajstić information content (AvgIpc) is 2.97. The maximum Gasteiger partial charge on any atom is 0.237 e. The van der Waals surface area contributed by atoms with E-state index in [1.54, 1.807) is 12.5 Å². The predicted octanol–water partition coefficient (Wildman–Crippen LogP) is -0.143. The molecule has 0 aromatic carbocycles. The standard InChI is InChI=1S/C15H23N3O4/c1-17-5-7-22-13(8-17)9-18(10-14(16)19)15(20)3-2-12-4-6-21-11-12/h4,6,11,13H,2-3,5,7-10H2,1H3,(H2,16,19)/t13-/m1/s1. The summed E-state index contributed by atoms with van der Waals surface area (Å²) in [7, 11) is 2.01. The number of aryl methyl sites for hydroxylation is 1. The Hall–Kier alpha value is -1.86. The molecule has 7 nitrogen and oxygen atoms in total. The first-order valence-corrected chi connectivity index (χ1v) is 7.42. The number of rotatable bonds is 7. The molecule has 7 heteroatoms. The Morgan fingerprint density at radius 1 is 1.50 bits per heavy atom. The molecule has 0 spiro atoms. The molecule has 0 radical (unpaired) electrons. The summed E-state index contributed by atoms with van der Waals surface area (Å²) in [5.74, 6) is -0.613. The van der Waals surface area contributed by atoms with Gasteiger partial charge in [-0.05, 0) is 25.1 Å². The zero-order chi connectivity index (χ0) is 15.9. The van der Waals surface area contributed by atoms with Crippen molar-refractivity contribution in [3.63, 3.8) is 0 Å². The second kappa shape index (κ2) is 7.95. The minimum absolute atomic E-state index is 0.0756. The summed E-state index contributed by atoms with van der Waals surface area (Å²) in [6, 6.07) is 1.82. The molecule has 0 aliphatic carbocycles. The number of likely N-dealkylation sites (N-methyl/N-ethyl adjacent to an activating group) is 1. The molecule has 1 atom stereocenters. The SMILES string of the molecule is CN1CCO[C@@H](CN(CC(N)=O)C(=O)CCc2ccoc2)C1. The van der Waals surface area contributed by atoms with E-state index in [9.17, 15) is 9.59 Å². The second-order valence-corrected chi connectivity index (χ2v) is 5.63. The Balaban J connectivity index is 1.89. The van der Waals surface area contributed by atoms with Crippen molar-refractivity contribution in [1.29, 1.82) is 0 Å². The summed E-state index contributed by atoms with van der Waals surface area (Å²) < 4.78 is 10.6. The number of nitrogens with zero attached hydrogens (tertiary/aromatic N) is 2. The van der Waals surface area contributed by atoms with E-state index in [1.807, 2.05) is 13.1 Å². The van der Waals surface area contributed by atoms with Crippen LogP contribution in [0, 0.1) is 0 Å². The molecule has 1 aromatic rings. The van der Waals surface area contributed by atoms with Crippen LogP contribution in [0.3, 0.4) is 0 Å². The van der Waals surface area contributed by atoms with Gasteiger partial charge in [0, 0.05) is 26.1 Å². The summed E-state index contributed by atoms with van der Waals surface area (Å²) in [4.78, 5) is 27.2. The number of amides is 2. The van der Waals surface area contributed by atoms with E-state index in [0.717, 1.165) is 18.7 Å². The van der Waals surface area contributed by atoms with E-state index in [2.05, 4.69) is 4.90 Å². The largest absolute Gasteiger partial charge is 0.472 e. The van der Waals surface area contributed by atoms with Crippen LogP contribution < -0.4 is 5.73 Å². The minimum atomic E-state index is -0.513. The lowest BCUT2D eigenvalue weighted by Gasteiger charge is -2.33. The first-order chi connectivity index (χ1) is 10.5. The Bertz CT molecular complexity index is 489. The number of primary amides is 1. The first-order valence-electron chi connectivity index (χ1n) is 7.42. The zero-order valence-corrected chi connectivity index (χ0v) is 12.9. The van der Waals surface area contributed by atoms with Gasteiger partial charge in [-0.15, -0.1) is 0 Å². The van der Waals surface area contributed by atoms with Crippen LogP contribution >= 0.6 is 0 Å². The fourth-order valence-electron chi connectivity index (χ4n) is 2.51. The second-order valence-electron chi connectivity index (χ2n) is 5.63. The number of carbonyl (C=O) groups is 2. The summed E-state index contributed by atoms with van der Waals surface area (Å²) in [5, 5.41) is 0. The molecule has 0 unspecified atom stereocenters. The Morgan fingerprint density at radius 2 is 2.32 bits per heavy atom. The number of hydrogen-bond acceptors (Lipinski definition) is 5. The van der Waals surface area contributed by atoms with E-state index in [0.29, 0.717) is 26.0 Å². The molecule has 1 aliphatic rings. The van der Waals surface area contributed by atoms with Crippen molar-refractivity contribution in [3.8, 4) is 0 Å². The zero-order valence-electron chi connectivity index (χ0n) is 12.9. The van der Waals surface area contributed by atoms with Crippen molar-refractivity contribution in [3.05, 3.63) is 24.2 Å². The van der Waals surface area contributed by atoms with Crippen LogP contribution in [-0.2, 0) is 20.7 Å². The Morgan fingerprint density at radius 3 is 2.95 bits per heavy atom. The van der Waals surface area contributed by atoms with Gasteiger partial charge in [-0.2, -0.15) is 0 Å². The lowest BCUT2D eigenvalue weighted by atomic mass is 10.1. The molecule has 22 heavy (non-hydrogen) atoms. The fraction of sp³-hybridized carbons (Fsp3) is 0.600. The van der Waals surface area contributed by atoms with Gasteiger partial charge in [0.2, 0.25) is 11.8 Å². The Kier molecular flexibility index (Phi) is 5.97. The molecule has 0 bridgehead atoms. The van der Waals surface area contributed by atoms with Gasteiger partial charge in [0.1, 0.15) is 0 Å². The number of ether oxygens (including phenoxy) is 1. The third kappa shape index (κ3) is 5.16. The molecule has 1 fully saturated rings. The minimum Gasteiger partial charge on any atom is -0.472 e. The maximum absolute atomic E-state index is 12.3. The highest BCUT2D eigenvalue weighted by Crippen LogP contribution is 2.09. The predicted molar refractivity (Wildman–Crippen MR) is 80.0 cm³/mol. The monoisotopic (exact) mass is 309 g/mol. The highest BCUT2D eigenvalue weighted by atomic mass is 16.5. The molecule has 2 amide bonds. The molecule has 1 aliphatic heterocycles. The van der Waals surface area contributed by atoms with Crippen LogP contribution in [0.15, 0.2) is 23.0 Å². The van der Waals surface area contributed by atoms with E-state index < -0.39 is 5.91 Å². The van der Waals surface area contributed by atoms with Crippen LogP contribution in [-0.4, -0.2) is 67.6 Å². The normalized spacial score (nSPS) is 19.0. The molecule has 2 rings (SSSR count). The van der Waals surface area contributed by atoms with E-state index in [4.69, 9.17) is 14.9 Å². The first kappa shape index (κ1) is 16.5. The molecule has 122 valence electrons. The highest BCUT2D eigenvalue weighted by molar-refractivity contribution is 5.83. The van der Waals surface area contributed by atoms with Crippen LogP contribution in [0.1, 0.15) is 12.0 Å². The molecule has 1 saturated heterocycles. The fourth-order valence-corrected chi connectivity index (χ4v) is 2.51. The van der Waals surface area contributed by atoms with Gasteiger partial charge >= 0.3 is 0 Å². The highest BCUT2D eigenvalue weighted by Gasteiger charge is 2.24. The molecule has 2 N–H and O–H groups in total. The van der Waals surface area contributed by atoms with Crippen molar-refractivity contribution in [2.75, 3.05) is 39.8 Å². The number of hydrogen-bond donors (Lipinski definition) is 1. The van der Waals surface area contributed by atoms with Gasteiger partial charge in [0.25, 0.3) is 0 Å². The summed E-state index contributed by atoms with van der Waals surface area (Å²) in [6.07, 6.45) is 4.00. The lowest BCUT2D eigenvalue weighted by molar-refractivity contribution is -0.138. The third-order valence-electron chi connectivity index (χ3n) is 3.67. The molecule has 2 heterocycles. The van der Waals surface area contributed by atoms with Crippen LogP contribution in [0.4, 0.5) is 0 Å².